The standard InChI is InChI=1S/C11H21NO3.C10H19NO3/c1-11(2,3)15-10(13)12-7-5-6-9(8-12)14-4;1-10(2,3)14-9(13)11-6-4-5-8(12)7-11/h9H,5-8H2,1-4H3;8,12H,4-7H2,1-3H3. The van der Waals surface area contributed by atoms with Crippen LogP contribution in [0.25, 0.3) is 0 Å². The molecule has 2 saturated heterocycles. The lowest BCUT2D eigenvalue weighted by Gasteiger charge is -2.33. The van der Waals surface area contributed by atoms with Gasteiger partial charge in [0.2, 0.25) is 0 Å². The van der Waals surface area contributed by atoms with E-state index >= 15 is 0 Å². The van der Waals surface area contributed by atoms with Crippen molar-refractivity contribution < 1.29 is 28.9 Å². The minimum absolute atomic E-state index is 0.159. The van der Waals surface area contributed by atoms with E-state index in [1.807, 2.05) is 41.5 Å². The maximum Gasteiger partial charge on any atom is 0.410 e. The molecule has 0 radical (unpaired) electrons. The van der Waals surface area contributed by atoms with Gasteiger partial charge in [-0.3, -0.25) is 0 Å². The summed E-state index contributed by atoms with van der Waals surface area (Å²) < 4.78 is 15.8. The minimum Gasteiger partial charge on any atom is -0.444 e. The number of aliphatic hydroxyl groups excluding tert-OH is 1. The number of ether oxygens (including phenoxy) is 3. The van der Waals surface area contributed by atoms with Gasteiger partial charge in [-0.15, -0.1) is 0 Å². The summed E-state index contributed by atoms with van der Waals surface area (Å²) in [5.74, 6) is 0. The summed E-state index contributed by atoms with van der Waals surface area (Å²) >= 11 is 0. The number of likely N-dealkylation sites (tertiary alicyclic amines) is 2. The number of hydrogen-bond acceptors (Lipinski definition) is 6. The van der Waals surface area contributed by atoms with Gasteiger partial charge in [-0.05, 0) is 67.2 Å². The third-order valence-electron chi connectivity index (χ3n) is 4.41. The van der Waals surface area contributed by atoms with Crippen LogP contribution < -0.4 is 0 Å². The first-order valence-corrected chi connectivity index (χ1v) is 10.5. The molecule has 0 bridgehead atoms. The second-order valence-corrected chi connectivity index (χ2v) is 9.65. The SMILES string of the molecule is CC(C)(C)OC(=O)N1CCCC(O)C1.COC1CCCN(C(=O)OC(C)(C)C)C1. The molecule has 0 aromatic heterocycles. The second kappa shape index (κ2) is 11.0. The van der Waals surface area contributed by atoms with Crippen LogP contribution in [0, 0.1) is 0 Å². The Morgan fingerprint density at radius 3 is 1.69 bits per heavy atom. The fourth-order valence-corrected chi connectivity index (χ4v) is 3.07. The molecule has 2 atom stereocenters. The van der Waals surface area contributed by atoms with E-state index in [2.05, 4.69) is 0 Å². The molecule has 2 rings (SSSR count). The second-order valence-electron chi connectivity index (χ2n) is 9.65. The molecule has 0 aromatic carbocycles. The van der Waals surface area contributed by atoms with E-state index in [1.165, 1.54) is 0 Å². The first-order valence-electron chi connectivity index (χ1n) is 10.5. The smallest absolute Gasteiger partial charge is 0.410 e. The van der Waals surface area contributed by atoms with Gasteiger partial charge in [0.1, 0.15) is 11.2 Å². The molecule has 0 aromatic rings. The molecular weight excluding hydrogens is 376 g/mol. The summed E-state index contributed by atoms with van der Waals surface area (Å²) in [5, 5.41) is 9.38. The minimum atomic E-state index is -0.459. The summed E-state index contributed by atoms with van der Waals surface area (Å²) in [6, 6.07) is 0. The van der Waals surface area contributed by atoms with Gasteiger partial charge in [-0.2, -0.15) is 0 Å². The third kappa shape index (κ3) is 10.7. The van der Waals surface area contributed by atoms with E-state index in [1.54, 1.807) is 16.9 Å². The van der Waals surface area contributed by atoms with Crippen molar-refractivity contribution in [2.45, 2.75) is 90.6 Å². The van der Waals surface area contributed by atoms with Gasteiger partial charge in [0, 0.05) is 26.7 Å². The average Bonchev–Trinajstić information content (AvgIpc) is 2.59. The van der Waals surface area contributed by atoms with E-state index in [0.717, 1.165) is 32.2 Å². The Labute approximate surface area is 175 Å². The zero-order valence-electron chi connectivity index (χ0n) is 19.2. The van der Waals surface area contributed by atoms with Gasteiger partial charge in [-0.25, -0.2) is 9.59 Å². The predicted molar refractivity (Wildman–Crippen MR) is 111 cm³/mol. The molecule has 2 unspecified atom stereocenters. The van der Waals surface area contributed by atoms with Crippen molar-refractivity contribution in [3.05, 3.63) is 0 Å². The molecule has 0 spiro atoms. The number of piperidine rings is 2. The Hall–Kier alpha value is -1.54. The molecule has 29 heavy (non-hydrogen) atoms. The highest BCUT2D eigenvalue weighted by molar-refractivity contribution is 5.68. The van der Waals surface area contributed by atoms with E-state index in [9.17, 15) is 14.7 Å². The lowest BCUT2D eigenvalue weighted by Crippen LogP contribution is -2.45. The van der Waals surface area contributed by atoms with Gasteiger partial charge in [0.25, 0.3) is 0 Å². The lowest BCUT2D eigenvalue weighted by atomic mass is 10.1. The van der Waals surface area contributed by atoms with Crippen LogP contribution >= 0.6 is 0 Å². The van der Waals surface area contributed by atoms with Gasteiger partial charge >= 0.3 is 12.2 Å². The number of carbonyl (C=O) groups excluding carboxylic acids is 2. The Balaban J connectivity index is 0.000000291. The largest absolute Gasteiger partial charge is 0.444 e. The zero-order chi connectivity index (χ0) is 22.2. The molecule has 2 amide bonds. The summed E-state index contributed by atoms with van der Waals surface area (Å²) in [7, 11) is 1.68. The highest BCUT2D eigenvalue weighted by atomic mass is 16.6. The Morgan fingerprint density at radius 1 is 0.828 bits per heavy atom. The van der Waals surface area contributed by atoms with Crippen molar-refractivity contribution in [2.24, 2.45) is 0 Å². The summed E-state index contributed by atoms with van der Waals surface area (Å²) in [5.41, 5.74) is -0.878. The number of aliphatic hydroxyl groups is 1. The van der Waals surface area contributed by atoms with Crippen LogP contribution in [-0.2, 0) is 14.2 Å². The quantitative estimate of drug-likeness (QED) is 0.705. The molecule has 0 aliphatic carbocycles. The molecule has 0 saturated carbocycles. The molecular formula is C21H40N2O6. The topological polar surface area (TPSA) is 88.5 Å². The summed E-state index contributed by atoms with van der Waals surface area (Å²) in [6.07, 6.45) is 2.84. The molecule has 2 aliphatic heterocycles. The van der Waals surface area contributed by atoms with Crippen LogP contribution in [0.15, 0.2) is 0 Å². The number of nitrogens with zero attached hydrogens (tertiary/aromatic N) is 2. The van der Waals surface area contributed by atoms with Gasteiger partial charge in [0.05, 0.1) is 18.8 Å². The fourth-order valence-electron chi connectivity index (χ4n) is 3.07. The van der Waals surface area contributed by atoms with Crippen molar-refractivity contribution in [1.82, 2.24) is 9.80 Å². The predicted octanol–water partition coefficient (Wildman–Crippen LogP) is 3.41. The van der Waals surface area contributed by atoms with E-state index < -0.39 is 17.3 Å². The van der Waals surface area contributed by atoms with Gasteiger partial charge in [0.15, 0.2) is 0 Å². The lowest BCUT2D eigenvalue weighted by molar-refractivity contribution is -0.00623. The van der Waals surface area contributed by atoms with Crippen LogP contribution in [0.1, 0.15) is 67.2 Å². The average molecular weight is 417 g/mol. The zero-order valence-corrected chi connectivity index (χ0v) is 19.2. The van der Waals surface area contributed by atoms with Crippen LogP contribution in [0.3, 0.4) is 0 Å². The number of rotatable bonds is 1. The number of β-amino-alcohol motifs (C(OH)–C–C–N with tert-alkyl or cyclic N) is 1. The van der Waals surface area contributed by atoms with Gasteiger partial charge in [-0.1, -0.05) is 0 Å². The van der Waals surface area contributed by atoms with Crippen molar-refractivity contribution >= 4 is 12.2 Å². The molecule has 170 valence electrons. The van der Waals surface area contributed by atoms with Gasteiger partial charge < -0.3 is 29.1 Å². The van der Waals surface area contributed by atoms with Crippen LogP contribution in [0.5, 0.6) is 0 Å². The highest BCUT2D eigenvalue weighted by Crippen LogP contribution is 2.17. The summed E-state index contributed by atoms with van der Waals surface area (Å²) in [6.45, 7) is 13.6. The Bertz CT molecular complexity index is 526. The molecule has 2 heterocycles. The van der Waals surface area contributed by atoms with Crippen molar-refractivity contribution in [2.75, 3.05) is 33.3 Å². The molecule has 2 aliphatic rings. The van der Waals surface area contributed by atoms with E-state index in [4.69, 9.17) is 14.2 Å². The first kappa shape index (κ1) is 25.5. The molecule has 8 nitrogen and oxygen atoms in total. The third-order valence-corrected chi connectivity index (χ3v) is 4.41. The molecule has 1 N–H and O–H groups in total. The number of carbonyl (C=O) groups is 2. The monoisotopic (exact) mass is 416 g/mol. The fraction of sp³-hybridized carbons (Fsp3) is 0.905. The van der Waals surface area contributed by atoms with Crippen LogP contribution in [0.4, 0.5) is 9.59 Å². The Kier molecular flexibility index (Phi) is 9.68. The Morgan fingerprint density at radius 2 is 1.28 bits per heavy atom. The number of hydrogen-bond donors (Lipinski definition) is 1. The maximum absolute atomic E-state index is 11.7. The van der Waals surface area contributed by atoms with Crippen LogP contribution in [-0.4, -0.2) is 83.8 Å². The van der Waals surface area contributed by atoms with E-state index in [-0.39, 0.29) is 18.3 Å². The number of amides is 2. The van der Waals surface area contributed by atoms with Crippen molar-refractivity contribution in [3.63, 3.8) is 0 Å². The van der Waals surface area contributed by atoms with Crippen molar-refractivity contribution in [1.29, 1.82) is 0 Å². The van der Waals surface area contributed by atoms with Crippen LogP contribution in [0.2, 0.25) is 0 Å². The normalized spacial score (nSPS) is 23.0. The highest BCUT2D eigenvalue weighted by Gasteiger charge is 2.28. The molecule has 2 fully saturated rings. The maximum atomic E-state index is 11.7. The summed E-state index contributed by atoms with van der Waals surface area (Å²) in [4.78, 5) is 26.6. The first-order chi connectivity index (χ1) is 13.3. The number of methoxy groups -OCH3 is 1. The molecule has 8 heteroatoms. The van der Waals surface area contributed by atoms with Crippen molar-refractivity contribution in [3.8, 4) is 0 Å². The van der Waals surface area contributed by atoms with E-state index in [0.29, 0.717) is 19.6 Å².